The summed E-state index contributed by atoms with van der Waals surface area (Å²) in [6, 6.07) is 2.99. The van der Waals surface area contributed by atoms with Crippen LogP contribution in [-0.4, -0.2) is 46.2 Å². The number of halogens is 2. The lowest BCUT2D eigenvalue weighted by atomic mass is 9.86. The number of ether oxygens (including phenoxy) is 1. The van der Waals surface area contributed by atoms with Crippen LogP contribution >= 0.6 is 56.3 Å². The van der Waals surface area contributed by atoms with Crippen molar-refractivity contribution in [2.75, 3.05) is 6.61 Å². The van der Waals surface area contributed by atoms with Gasteiger partial charge < -0.3 is 20.1 Å². The smallest absolute Gasteiger partial charge is 0.341 e. The first kappa shape index (κ1) is 27.8. The van der Waals surface area contributed by atoms with Gasteiger partial charge in [0.05, 0.1) is 26.0 Å². The van der Waals surface area contributed by atoms with Gasteiger partial charge in [-0.15, -0.1) is 0 Å². The number of hydrogen-bond acceptors (Lipinski definition) is 8. The average molecular weight is 664 g/mol. The van der Waals surface area contributed by atoms with Crippen LogP contribution < -0.4 is 15.9 Å². The molecular weight excluding hydrogens is 644 g/mol. The molecule has 0 aliphatic heterocycles. The highest BCUT2D eigenvalue weighted by Crippen LogP contribution is 2.42. The van der Waals surface area contributed by atoms with Crippen LogP contribution in [0.25, 0.3) is 0 Å². The van der Waals surface area contributed by atoms with Crippen molar-refractivity contribution in [3.05, 3.63) is 68.0 Å². The zero-order valence-corrected chi connectivity index (χ0v) is 24.1. The number of carboxylic acid groups (broad SMARTS) is 1. The minimum atomic E-state index is -1.30. The van der Waals surface area contributed by atoms with Crippen molar-refractivity contribution in [3.8, 4) is 17.5 Å². The SMILES string of the molecule is Cn1c(O)c(C(c2cc(Br)c(OCC(=O)O)c(Br)c2)c2c(O)n(C)c(=S)n(C)c2=O)c(=O)n(C)c1=S. The van der Waals surface area contributed by atoms with Crippen molar-refractivity contribution in [1.82, 2.24) is 18.3 Å². The lowest BCUT2D eigenvalue weighted by Gasteiger charge is -2.24. The van der Waals surface area contributed by atoms with Crippen LogP contribution in [0.2, 0.25) is 0 Å². The predicted octanol–water partition coefficient (Wildman–Crippen LogP) is 2.80. The molecule has 36 heavy (non-hydrogen) atoms. The summed E-state index contributed by atoms with van der Waals surface area (Å²) in [6.07, 6.45) is 0. The van der Waals surface area contributed by atoms with E-state index in [4.69, 9.17) is 34.3 Å². The summed E-state index contributed by atoms with van der Waals surface area (Å²) in [6.45, 7) is -0.616. The van der Waals surface area contributed by atoms with Crippen molar-refractivity contribution in [1.29, 1.82) is 0 Å². The quantitative estimate of drug-likeness (QED) is 0.340. The monoisotopic (exact) mass is 662 g/mol. The first-order valence-electron chi connectivity index (χ1n) is 10.0. The second-order valence-corrected chi connectivity index (χ2v) is 10.3. The number of carbonyl (C=O) groups is 1. The molecule has 0 spiro atoms. The predicted molar refractivity (Wildman–Crippen MR) is 142 cm³/mol. The maximum absolute atomic E-state index is 13.4. The Labute approximate surface area is 230 Å². The highest BCUT2D eigenvalue weighted by Gasteiger charge is 2.33. The molecule has 2 heterocycles. The standard InChI is InChI=1S/C21H20Br2N4O7S2/c1-24-16(30)13(17(31)25(2)20(24)35)12(14-18(32)26(3)21(36)27(4)19(14)33)8-5-9(22)15(10(23)6-8)34-7-11(28)29/h5-6,12,30,32H,7H2,1-4H3,(H,28,29). The zero-order valence-electron chi connectivity index (χ0n) is 19.3. The van der Waals surface area contributed by atoms with Crippen molar-refractivity contribution in [2.45, 2.75) is 5.92 Å². The molecular formula is C21H20Br2N4O7S2. The summed E-state index contributed by atoms with van der Waals surface area (Å²) in [5.74, 6) is -3.33. The molecule has 0 amide bonds. The highest BCUT2D eigenvalue weighted by molar-refractivity contribution is 9.11. The molecule has 3 N–H and O–H groups in total. The third-order valence-corrected chi connectivity index (χ3v) is 7.88. The summed E-state index contributed by atoms with van der Waals surface area (Å²) < 4.78 is 10.6. The van der Waals surface area contributed by atoms with Crippen LogP contribution in [0.4, 0.5) is 0 Å². The third-order valence-electron chi connectivity index (χ3n) is 5.61. The second kappa shape index (κ2) is 10.3. The van der Waals surface area contributed by atoms with Gasteiger partial charge in [0.1, 0.15) is 5.75 Å². The zero-order chi connectivity index (χ0) is 27.2. The van der Waals surface area contributed by atoms with E-state index in [1.807, 2.05) is 0 Å². The number of aromatic nitrogens is 4. The molecule has 3 aromatic rings. The van der Waals surface area contributed by atoms with Gasteiger partial charge in [-0.2, -0.15) is 0 Å². The van der Waals surface area contributed by atoms with Crippen LogP contribution in [0.15, 0.2) is 30.7 Å². The minimum absolute atomic E-state index is 0.0309. The Morgan fingerprint density at radius 1 is 0.889 bits per heavy atom. The summed E-state index contributed by atoms with van der Waals surface area (Å²) in [5.41, 5.74) is -1.55. The summed E-state index contributed by atoms with van der Waals surface area (Å²) >= 11 is 17.1. The summed E-state index contributed by atoms with van der Waals surface area (Å²) in [7, 11) is 5.75. The van der Waals surface area contributed by atoms with Crippen LogP contribution in [0.1, 0.15) is 22.6 Å². The number of nitrogens with zero attached hydrogens (tertiary/aromatic N) is 4. The van der Waals surface area contributed by atoms with E-state index in [-0.39, 0.29) is 32.0 Å². The van der Waals surface area contributed by atoms with Gasteiger partial charge in [0.25, 0.3) is 11.1 Å². The second-order valence-electron chi connectivity index (χ2n) is 7.82. The fourth-order valence-electron chi connectivity index (χ4n) is 3.72. The lowest BCUT2D eigenvalue weighted by Crippen LogP contribution is -2.33. The van der Waals surface area contributed by atoms with Crippen LogP contribution in [0, 0.1) is 9.54 Å². The molecule has 0 radical (unpaired) electrons. The molecule has 0 unspecified atom stereocenters. The van der Waals surface area contributed by atoms with Gasteiger partial charge in [-0.1, -0.05) is 0 Å². The Hall–Kier alpha value is -2.75. The van der Waals surface area contributed by atoms with Gasteiger partial charge in [-0.3, -0.25) is 27.9 Å². The largest absolute Gasteiger partial charge is 0.494 e. The van der Waals surface area contributed by atoms with E-state index in [0.29, 0.717) is 8.95 Å². The molecule has 0 bridgehead atoms. The maximum Gasteiger partial charge on any atom is 0.341 e. The van der Waals surface area contributed by atoms with Gasteiger partial charge in [0, 0.05) is 28.2 Å². The Balaban J connectivity index is 2.51. The van der Waals surface area contributed by atoms with E-state index in [1.165, 1.54) is 49.5 Å². The van der Waals surface area contributed by atoms with Crippen molar-refractivity contribution >= 4 is 62.3 Å². The fourth-order valence-corrected chi connectivity index (χ4v) is 5.51. The molecule has 2 aromatic heterocycles. The number of benzene rings is 1. The maximum atomic E-state index is 13.4. The Kier molecular flexibility index (Phi) is 7.98. The molecule has 192 valence electrons. The van der Waals surface area contributed by atoms with E-state index in [9.17, 15) is 24.6 Å². The van der Waals surface area contributed by atoms with Gasteiger partial charge in [-0.25, -0.2) is 4.79 Å². The third kappa shape index (κ3) is 4.67. The fraction of sp³-hybridized carbons (Fsp3) is 0.286. The molecule has 0 atom stereocenters. The number of aromatic hydroxyl groups is 2. The van der Waals surface area contributed by atoms with E-state index in [2.05, 4.69) is 31.9 Å². The topological polar surface area (TPSA) is 141 Å². The molecule has 1 aromatic carbocycles. The van der Waals surface area contributed by atoms with Gasteiger partial charge >= 0.3 is 5.97 Å². The molecule has 0 fully saturated rings. The van der Waals surface area contributed by atoms with Crippen molar-refractivity contribution < 1.29 is 24.9 Å². The lowest BCUT2D eigenvalue weighted by molar-refractivity contribution is -0.139. The number of carboxylic acids is 1. The van der Waals surface area contributed by atoms with Crippen molar-refractivity contribution in [2.24, 2.45) is 28.2 Å². The molecule has 0 aliphatic rings. The molecule has 3 rings (SSSR count). The van der Waals surface area contributed by atoms with E-state index in [0.717, 1.165) is 9.13 Å². The molecule has 15 heteroatoms. The van der Waals surface area contributed by atoms with Gasteiger partial charge in [-0.05, 0) is 74.0 Å². The summed E-state index contributed by atoms with van der Waals surface area (Å²) in [4.78, 5) is 37.8. The van der Waals surface area contributed by atoms with Gasteiger partial charge in [0.2, 0.25) is 11.8 Å². The van der Waals surface area contributed by atoms with E-state index >= 15 is 0 Å². The first-order chi connectivity index (χ1) is 16.7. The molecule has 0 aliphatic carbocycles. The minimum Gasteiger partial charge on any atom is -0.494 e. The summed E-state index contributed by atoms with van der Waals surface area (Å²) in [5, 5.41) is 31.0. The number of rotatable bonds is 6. The van der Waals surface area contributed by atoms with Gasteiger partial charge in [0.15, 0.2) is 16.1 Å². The Bertz CT molecular complexity index is 1550. The highest BCUT2D eigenvalue weighted by atomic mass is 79.9. The number of hydrogen-bond donors (Lipinski definition) is 3. The van der Waals surface area contributed by atoms with E-state index < -0.39 is 41.4 Å². The Morgan fingerprint density at radius 3 is 1.64 bits per heavy atom. The molecule has 0 saturated carbocycles. The van der Waals surface area contributed by atoms with Crippen LogP contribution in [-0.2, 0) is 33.0 Å². The normalized spacial score (nSPS) is 11.2. The van der Waals surface area contributed by atoms with Crippen molar-refractivity contribution in [3.63, 3.8) is 0 Å². The van der Waals surface area contributed by atoms with Crippen LogP contribution in [0.3, 0.4) is 0 Å². The first-order valence-corrected chi connectivity index (χ1v) is 12.4. The molecule has 11 nitrogen and oxygen atoms in total. The van der Waals surface area contributed by atoms with Crippen LogP contribution in [0.5, 0.6) is 17.5 Å². The Morgan fingerprint density at radius 2 is 1.28 bits per heavy atom. The molecule has 0 saturated heterocycles. The van der Waals surface area contributed by atoms with E-state index in [1.54, 1.807) is 0 Å². The average Bonchev–Trinajstić information content (AvgIpc) is 2.82. The number of aliphatic carboxylic acids is 1.